The SMILES string of the molecule is CC(Cn1ccc(-c2ccc(C#N)c(Cl)c2F)n1)NC(=O)c1csc(CN2CCOCC2)n1. The molecule has 1 aromatic carbocycles. The van der Waals surface area contributed by atoms with E-state index in [1.807, 2.05) is 13.0 Å². The molecule has 1 fully saturated rings. The number of thiazole rings is 1. The second-order valence-electron chi connectivity index (χ2n) is 7.71. The predicted octanol–water partition coefficient (Wildman–Crippen LogP) is 3.32. The number of amides is 1. The normalized spacial score (nSPS) is 15.2. The number of hydrogen-bond acceptors (Lipinski definition) is 7. The molecule has 3 aromatic rings. The van der Waals surface area contributed by atoms with Gasteiger partial charge in [-0.2, -0.15) is 10.4 Å². The molecule has 8 nitrogen and oxygen atoms in total. The molecule has 0 spiro atoms. The molecule has 1 saturated heterocycles. The number of nitriles is 1. The van der Waals surface area contributed by atoms with Gasteiger partial charge < -0.3 is 10.1 Å². The third kappa shape index (κ3) is 5.57. The number of hydrogen-bond donors (Lipinski definition) is 1. The van der Waals surface area contributed by atoms with Crippen LogP contribution in [0, 0.1) is 17.1 Å². The van der Waals surface area contributed by atoms with E-state index >= 15 is 0 Å². The van der Waals surface area contributed by atoms with Gasteiger partial charge >= 0.3 is 0 Å². The molecule has 4 rings (SSSR count). The van der Waals surface area contributed by atoms with Crippen molar-refractivity contribution in [2.45, 2.75) is 26.1 Å². The number of halogens is 2. The summed E-state index contributed by atoms with van der Waals surface area (Å²) in [4.78, 5) is 19.3. The maximum Gasteiger partial charge on any atom is 0.271 e. The van der Waals surface area contributed by atoms with E-state index in [1.54, 1.807) is 22.3 Å². The van der Waals surface area contributed by atoms with Crippen LogP contribution in [-0.2, 0) is 17.8 Å². The highest BCUT2D eigenvalue weighted by Crippen LogP contribution is 2.29. The van der Waals surface area contributed by atoms with E-state index in [9.17, 15) is 9.18 Å². The first kappa shape index (κ1) is 23.3. The fourth-order valence-electron chi connectivity index (χ4n) is 3.50. The van der Waals surface area contributed by atoms with E-state index in [0.717, 1.165) is 31.3 Å². The summed E-state index contributed by atoms with van der Waals surface area (Å²) in [6.45, 7) is 6.13. The van der Waals surface area contributed by atoms with Gasteiger partial charge in [0.15, 0.2) is 5.82 Å². The molecule has 1 atom stereocenters. The van der Waals surface area contributed by atoms with Crippen LogP contribution < -0.4 is 5.32 Å². The van der Waals surface area contributed by atoms with Crippen molar-refractivity contribution in [3.63, 3.8) is 0 Å². The molecule has 0 bridgehead atoms. The average molecular weight is 489 g/mol. The van der Waals surface area contributed by atoms with Crippen LogP contribution in [-0.4, -0.2) is 57.9 Å². The number of carbonyl (C=O) groups excluding carboxylic acids is 1. The van der Waals surface area contributed by atoms with Crippen molar-refractivity contribution in [1.82, 2.24) is 25.0 Å². The summed E-state index contributed by atoms with van der Waals surface area (Å²) >= 11 is 7.39. The van der Waals surface area contributed by atoms with Crippen molar-refractivity contribution in [3.8, 4) is 17.3 Å². The van der Waals surface area contributed by atoms with E-state index in [0.29, 0.717) is 24.5 Å². The monoisotopic (exact) mass is 488 g/mol. The van der Waals surface area contributed by atoms with Gasteiger partial charge in [-0.3, -0.25) is 14.4 Å². The van der Waals surface area contributed by atoms with Crippen LogP contribution in [0.2, 0.25) is 5.02 Å². The molecule has 1 N–H and O–H groups in total. The highest BCUT2D eigenvalue weighted by molar-refractivity contribution is 7.09. The Labute approximate surface area is 199 Å². The molecule has 3 heterocycles. The molecule has 1 amide bonds. The molecule has 1 aliphatic heterocycles. The number of nitrogens with one attached hydrogen (secondary N) is 1. The fraction of sp³-hybridized carbons (Fsp3) is 0.364. The number of ether oxygens (including phenoxy) is 1. The van der Waals surface area contributed by atoms with E-state index in [4.69, 9.17) is 21.6 Å². The minimum Gasteiger partial charge on any atom is -0.379 e. The van der Waals surface area contributed by atoms with Gasteiger partial charge in [0.1, 0.15) is 16.8 Å². The number of rotatable bonds is 7. The molecule has 0 saturated carbocycles. The zero-order valence-corrected chi connectivity index (χ0v) is 19.5. The Morgan fingerprint density at radius 1 is 1.39 bits per heavy atom. The fourth-order valence-corrected chi connectivity index (χ4v) is 4.53. The van der Waals surface area contributed by atoms with Crippen LogP contribution in [0.3, 0.4) is 0 Å². The Hall–Kier alpha value is -2.84. The smallest absolute Gasteiger partial charge is 0.271 e. The van der Waals surface area contributed by atoms with Crippen molar-refractivity contribution in [3.05, 3.63) is 56.9 Å². The van der Waals surface area contributed by atoms with Crippen molar-refractivity contribution in [1.29, 1.82) is 5.26 Å². The Morgan fingerprint density at radius 2 is 2.18 bits per heavy atom. The van der Waals surface area contributed by atoms with Crippen molar-refractivity contribution in [2.24, 2.45) is 0 Å². The van der Waals surface area contributed by atoms with Crippen LogP contribution >= 0.6 is 22.9 Å². The van der Waals surface area contributed by atoms with Crippen molar-refractivity contribution in [2.75, 3.05) is 26.3 Å². The molecule has 1 unspecified atom stereocenters. The number of benzene rings is 1. The largest absolute Gasteiger partial charge is 0.379 e. The summed E-state index contributed by atoms with van der Waals surface area (Å²) in [5.41, 5.74) is 1.07. The second-order valence-corrected chi connectivity index (χ2v) is 9.03. The van der Waals surface area contributed by atoms with Crippen LogP contribution in [0.5, 0.6) is 0 Å². The maximum absolute atomic E-state index is 14.5. The van der Waals surface area contributed by atoms with Crippen LogP contribution in [0.4, 0.5) is 4.39 Å². The van der Waals surface area contributed by atoms with E-state index in [-0.39, 0.29) is 28.1 Å². The van der Waals surface area contributed by atoms with Crippen LogP contribution in [0.15, 0.2) is 29.8 Å². The first-order chi connectivity index (χ1) is 15.9. The summed E-state index contributed by atoms with van der Waals surface area (Å²) in [5.74, 6) is -0.928. The summed E-state index contributed by atoms with van der Waals surface area (Å²) in [7, 11) is 0. The van der Waals surface area contributed by atoms with Crippen LogP contribution in [0.25, 0.3) is 11.3 Å². The third-order valence-corrected chi connectivity index (χ3v) is 6.41. The zero-order valence-electron chi connectivity index (χ0n) is 17.9. The van der Waals surface area contributed by atoms with Gasteiger partial charge in [0.2, 0.25) is 0 Å². The molecular weight excluding hydrogens is 467 g/mol. The Morgan fingerprint density at radius 3 is 2.94 bits per heavy atom. The summed E-state index contributed by atoms with van der Waals surface area (Å²) in [6.07, 6.45) is 1.70. The molecule has 0 aliphatic carbocycles. The topological polar surface area (TPSA) is 96.1 Å². The quantitative estimate of drug-likeness (QED) is 0.548. The first-order valence-corrected chi connectivity index (χ1v) is 11.7. The van der Waals surface area contributed by atoms with Gasteiger partial charge in [0.05, 0.1) is 42.6 Å². The number of aromatic nitrogens is 3. The number of carbonyl (C=O) groups is 1. The van der Waals surface area contributed by atoms with Gasteiger partial charge in [0.25, 0.3) is 5.91 Å². The van der Waals surface area contributed by atoms with Gasteiger partial charge in [-0.25, -0.2) is 9.37 Å². The lowest BCUT2D eigenvalue weighted by molar-refractivity contribution is 0.0341. The van der Waals surface area contributed by atoms with E-state index in [1.165, 1.54) is 23.5 Å². The van der Waals surface area contributed by atoms with Gasteiger partial charge in [0, 0.05) is 36.3 Å². The lowest BCUT2D eigenvalue weighted by Gasteiger charge is -2.25. The number of morpholine rings is 1. The summed E-state index contributed by atoms with van der Waals surface area (Å²) in [5, 5.41) is 18.7. The van der Waals surface area contributed by atoms with Gasteiger partial charge in [-0.15, -0.1) is 11.3 Å². The summed E-state index contributed by atoms with van der Waals surface area (Å²) in [6, 6.07) is 6.22. The number of nitrogens with zero attached hydrogens (tertiary/aromatic N) is 5. The third-order valence-electron chi connectivity index (χ3n) is 5.20. The molecule has 33 heavy (non-hydrogen) atoms. The minimum absolute atomic E-state index is 0.0730. The Balaban J connectivity index is 1.34. The summed E-state index contributed by atoms with van der Waals surface area (Å²) < 4.78 is 21.5. The average Bonchev–Trinajstić information content (AvgIpc) is 3.46. The highest BCUT2D eigenvalue weighted by Gasteiger charge is 2.18. The molecule has 1 aliphatic rings. The standard InChI is InChI=1S/C22H22ClFN6O2S/c1-14(26-22(31)18-13-33-19(27-18)12-29-6-8-32-9-7-29)11-30-5-4-17(28-30)16-3-2-15(10-25)20(23)21(16)24/h2-5,13-14H,6-9,11-12H2,1H3,(H,26,31). The van der Waals surface area contributed by atoms with Gasteiger partial charge in [-0.05, 0) is 25.1 Å². The second kappa shape index (κ2) is 10.4. The van der Waals surface area contributed by atoms with E-state index < -0.39 is 5.82 Å². The van der Waals surface area contributed by atoms with E-state index in [2.05, 4.69) is 20.3 Å². The van der Waals surface area contributed by atoms with Gasteiger partial charge in [-0.1, -0.05) is 11.6 Å². The Kier molecular flexibility index (Phi) is 7.35. The molecule has 0 radical (unpaired) electrons. The predicted molar refractivity (Wildman–Crippen MR) is 122 cm³/mol. The lowest BCUT2D eigenvalue weighted by atomic mass is 10.1. The first-order valence-electron chi connectivity index (χ1n) is 10.4. The Bertz CT molecular complexity index is 1180. The molecule has 2 aromatic heterocycles. The minimum atomic E-state index is -0.682. The molecular formula is C22H22ClFN6O2S. The van der Waals surface area contributed by atoms with Crippen LogP contribution in [0.1, 0.15) is 28.0 Å². The highest BCUT2D eigenvalue weighted by atomic mass is 35.5. The lowest BCUT2D eigenvalue weighted by Crippen LogP contribution is -2.36. The van der Waals surface area contributed by atoms with Crippen molar-refractivity contribution >= 4 is 28.8 Å². The molecule has 172 valence electrons. The maximum atomic E-state index is 14.5. The molecule has 11 heteroatoms. The zero-order chi connectivity index (χ0) is 23.4. The van der Waals surface area contributed by atoms with Crippen molar-refractivity contribution < 1.29 is 13.9 Å².